The van der Waals surface area contributed by atoms with E-state index in [0.717, 1.165) is 25.9 Å². The molecule has 4 nitrogen and oxygen atoms in total. The molecule has 22 heavy (non-hydrogen) atoms. The van der Waals surface area contributed by atoms with Gasteiger partial charge in [0, 0.05) is 32.2 Å². The summed E-state index contributed by atoms with van der Waals surface area (Å²) in [6.07, 6.45) is -2.68. The Labute approximate surface area is 131 Å². The predicted molar refractivity (Wildman–Crippen MR) is 84.1 cm³/mol. The van der Waals surface area contributed by atoms with E-state index in [-0.39, 0.29) is 6.54 Å². The van der Waals surface area contributed by atoms with Crippen LogP contribution in [0.15, 0.2) is 4.99 Å². The zero-order chi connectivity index (χ0) is 16.6. The average Bonchev–Trinajstić information content (AvgIpc) is 2.43. The molecule has 0 aromatic heterocycles. The third-order valence-electron chi connectivity index (χ3n) is 3.83. The number of halogens is 3. The Kier molecular flexibility index (Phi) is 8.00. The van der Waals surface area contributed by atoms with Crippen molar-refractivity contribution in [2.24, 2.45) is 10.9 Å². The fraction of sp³-hybridized carbons (Fsp3) is 0.933. The maximum absolute atomic E-state index is 12.2. The molecule has 130 valence electrons. The molecule has 1 fully saturated rings. The second kappa shape index (κ2) is 9.22. The molecule has 0 spiro atoms. The average molecular weight is 322 g/mol. The highest BCUT2D eigenvalue weighted by molar-refractivity contribution is 5.79. The van der Waals surface area contributed by atoms with Crippen LogP contribution >= 0.6 is 0 Å². The standard InChI is InChI=1S/C15H29F3N4/c1-4-19-14(20-8-7-15(16,17)18)21-10-13-6-5-9-22(11-13)12(2)3/h12-13H,4-11H2,1-3H3,(H2,19,20,21). The molecular weight excluding hydrogens is 293 g/mol. The van der Waals surface area contributed by atoms with Gasteiger partial charge in [-0.25, -0.2) is 0 Å². The predicted octanol–water partition coefficient (Wildman–Crippen LogP) is 2.61. The molecule has 0 amide bonds. The van der Waals surface area contributed by atoms with Crippen molar-refractivity contribution < 1.29 is 13.2 Å². The highest BCUT2D eigenvalue weighted by Crippen LogP contribution is 2.19. The van der Waals surface area contributed by atoms with E-state index in [0.29, 0.717) is 31.0 Å². The Morgan fingerprint density at radius 2 is 2.05 bits per heavy atom. The van der Waals surface area contributed by atoms with Crippen molar-refractivity contribution in [1.82, 2.24) is 15.5 Å². The first-order chi connectivity index (χ1) is 10.3. The van der Waals surface area contributed by atoms with Gasteiger partial charge in [-0.2, -0.15) is 13.2 Å². The second-order valence-electron chi connectivity index (χ2n) is 6.11. The van der Waals surface area contributed by atoms with Crippen LogP contribution < -0.4 is 10.6 Å². The van der Waals surface area contributed by atoms with Crippen LogP contribution in [-0.2, 0) is 0 Å². The third-order valence-corrected chi connectivity index (χ3v) is 3.83. The normalized spacial score (nSPS) is 21.2. The summed E-state index contributed by atoms with van der Waals surface area (Å²) in [6, 6.07) is 0.532. The zero-order valence-electron chi connectivity index (χ0n) is 13.8. The van der Waals surface area contributed by atoms with Gasteiger partial charge in [0.2, 0.25) is 0 Å². The van der Waals surface area contributed by atoms with E-state index in [1.807, 2.05) is 6.92 Å². The minimum atomic E-state index is -4.13. The first kappa shape index (κ1) is 19.1. The molecule has 1 heterocycles. The van der Waals surface area contributed by atoms with Crippen molar-refractivity contribution in [3.05, 3.63) is 0 Å². The Balaban J connectivity index is 2.43. The number of aliphatic imine (C=N–C) groups is 1. The lowest BCUT2D eigenvalue weighted by molar-refractivity contribution is -0.132. The van der Waals surface area contributed by atoms with Crippen LogP contribution in [0.3, 0.4) is 0 Å². The Bertz CT molecular complexity index is 342. The van der Waals surface area contributed by atoms with Gasteiger partial charge in [-0.3, -0.25) is 4.99 Å². The highest BCUT2D eigenvalue weighted by atomic mass is 19.4. The highest BCUT2D eigenvalue weighted by Gasteiger charge is 2.26. The van der Waals surface area contributed by atoms with Gasteiger partial charge in [-0.15, -0.1) is 0 Å². The first-order valence-electron chi connectivity index (χ1n) is 8.14. The van der Waals surface area contributed by atoms with Crippen LogP contribution in [0.5, 0.6) is 0 Å². The fourth-order valence-corrected chi connectivity index (χ4v) is 2.60. The van der Waals surface area contributed by atoms with Gasteiger partial charge in [0.25, 0.3) is 0 Å². The molecule has 2 N–H and O–H groups in total. The van der Waals surface area contributed by atoms with Crippen LogP contribution in [-0.4, -0.2) is 55.8 Å². The van der Waals surface area contributed by atoms with Gasteiger partial charge in [0.15, 0.2) is 5.96 Å². The van der Waals surface area contributed by atoms with E-state index < -0.39 is 12.6 Å². The molecule has 7 heteroatoms. The molecule has 0 aromatic rings. The van der Waals surface area contributed by atoms with Gasteiger partial charge in [-0.05, 0) is 46.1 Å². The lowest BCUT2D eigenvalue weighted by atomic mass is 9.97. The summed E-state index contributed by atoms with van der Waals surface area (Å²) in [6.45, 7) is 9.58. The minimum Gasteiger partial charge on any atom is -0.357 e. The summed E-state index contributed by atoms with van der Waals surface area (Å²) in [5.41, 5.74) is 0. The SMILES string of the molecule is CCNC(=NCC1CCCN(C(C)C)C1)NCCC(F)(F)F. The number of likely N-dealkylation sites (tertiary alicyclic amines) is 1. The largest absolute Gasteiger partial charge is 0.390 e. The van der Waals surface area contributed by atoms with Crippen molar-refractivity contribution in [3.8, 4) is 0 Å². The van der Waals surface area contributed by atoms with Crippen molar-refractivity contribution in [2.45, 2.75) is 52.3 Å². The van der Waals surface area contributed by atoms with Crippen LogP contribution in [0, 0.1) is 5.92 Å². The summed E-state index contributed by atoms with van der Waals surface area (Å²) in [5, 5.41) is 5.76. The van der Waals surface area contributed by atoms with Gasteiger partial charge in [0.05, 0.1) is 6.42 Å². The van der Waals surface area contributed by atoms with Gasteiger partial charge < -0.3 is 15.5 Å². The van der Waals surface area contributed by atoms with Crippen LogP contribution in [0.25, 0.3) is 0 Å². The molecule has 0 bridgehead atoms. The lowest BCUT2D eigenvalue weighted by Gasteiger charge is -2.34. The number of hydrogen-bond acceptors (Lipinski definition) is 2. The monoisotopic (exact) mass is 322 g/mol. The molecule has 1 atom stereocenters. The number of guanidine groups is 1. The molecule has 0 aromatic carbocycles. The lowest BCUT2D eigenvalue weighted by Crippen LogP contribution is -2.42. The Morgan fingerprint density at radius 1 is 1.32 bits per heavy atom. The number of nitrogens with one attached hydrogen (secondary N) is 2. The Morgan fingerprint density at radius 3 is 2.64 bits per heavy atom. The van der Waals surface area contributed by atoms with Crippen LogP contribution in [0.2, 0.25) is 0 Å². The first-order valence-corrected chi connectivity index (χ1v) is 8.14. The number of piperidine rings is 1. The summed E-state index contributed by atoms with van der Waals surface area (Å²) < 4.78 is 36.5. The zero-order valence-corrected chi connectivity index (χ0v) is 13.8. The van der Waals surface area contributed by atoms with E-state index in [1.54, 1.807) is 0 Å². The molecule has 1 aliphatic heterocycles. The summed E-state index contributed by atoms with van der Waals surface area (Å²) in [5.74, 6) is 0.961. The molecule has 1 saturated heterocycles. The molecule has 1 rings (SSSR count). The number of rotatable bonds is 6. The van der Waals surface area contributed by atoms with Crippen molar-refractivity contribution in [2.75, 3.05) is 32.7 Å². The van der Waals surface area contributed by atoms with E-state index >= 15 is 0 Å². The topological polar surface area (TPSA) is 39.7 Å². The fourth-order valence-electron chi connectivity index (χ4n) is 2.60. The van der Waals surface area contributed by atoms with Crippen molar-refractivity contribution in [3.63, 3.8) is 0 Å². The van der Waals surface area contributed by atoms with Crippen LogP contribution in [0.4, 0.5) is 13.2 Å². The molecule has 1 aliphatic rings. The third kappa shape index (κ3) is 7.87. The van der Waals surface area contributed by atoms with Gasteiger partial charge in [-0.1, -0.05) is 0 Å². The number of alkyl halides is 3. The molecule has 1 unspecified atom stereocenters. The van der Waals surface area contributed by atoms with E-state index in [1.165, 1.54) is 0 Å². The van der Waals surface area contributed by atoms with Gasteiger partial charge in [0.1, 0.15) is 0 Å². The number of nitrogens with zero attached hydrogens (tertiary/aromatic N) is 2. The summed E-state index contributed by atoms with van der Waals surface area (Å²) in [4.78, 5) is 6.89. The molecule has 0 radical (unpaired) electrons. The summed E-state index contributed by atoms with van der Waals surface area (Å²) in [7, 11) is 0. The molecule has 0 aliphatic carbocycles. The van der Waals surface area contributed by atoms with E-state index in [9.17, 15) is 13.2 Å². The van der Waals surface area contributed by atoms with Crippen LogP contribution in [0.1, 0.15) is 40.0 Å². The van der Waals surface area contributed by atoms with E-state index in [2.05, 4.69) is 34.4 Å². The number of hydrogen-bond donors (Lipinski definition) is 2. The smallest absolute Gasteiger partial charge is 0.357 e. The summed E-state index contributed by atoms with van der Waals surface area (Å²) >= 11 is 0. The molecular formula is C15H29F3N4. The minimum absolute atomic E-state index is 0.141. The van der Waals surface area contributed by atoms with Gasteiger partial charge >= 0.3 is 6.18 Å². The maximum Gasteiger partial charge on any atom is 0.390 e. The van der Waals surface area contributed by atoms with Crippen molar-refractivity contribution >= 4 is 5.96 Å². The molecule has 0 saturated carbocycles. The van der Waals surface area contributed by atoms with E-state index in [4.69, 9.17) is 0 Å². The second-order valence-corrected chi connectivity index (χ2v) is 6.11. The quantitative estimate of drug-likeness (QED) is 0.583. The maximum atomic E-state index is 12.2. The Hall–Kier alpha value is -0.980. The van der Waals surface area contributed by atoms with Crippen molar-refractivity contribution in [1.29, 1.82) is 0 Å².